The van der Waals surface area contributed by atoms with E-state index in [4.69, 9.17) is 4.74 Å². The van der Waals surface area contributed by atoms with Crippen molar-refractivity contribution in [3.05, 3.63) is 23.3 Å². The summed E-state index contributed by atoms with van der Waals surface area (Å²) in [4.78, 5) is 9.04. The maximum absolute atomic E-state index is 5.37. The molecule has 0 saturated carbocycles. The largest absolute Gasteiger partial charge is 0.381 e. The number of aryl methyl sites for hydroxylation is 1. The van der Waals surface area contributed by atoms with Gasteiger partial charge in [0.05, 0.1) is 5.69 Å². The summed E-state index contributed by atoms with van der Waals surface area (Å²) in [6, 6.07) is 2.03. The second-order valence-electron chi connectivity index (χ2n) is 4.38. The van der Waals surface area contributed by atoms with Gasteiger partial charge in [-0.1, -0.05) is 0 Å². The molecule has 88 valence electrons. The standard InChI is InChI=1S/C12H19N3O/c1-9-5-11(7-13-2)15-12(14-9)6-10-3-4-16-8-10/h5,10,13H,3-4,6-8H2,1-2H3. The Kier molecular flexibility index (Phi) is 3.85. The Morgan fingerprint density at radius 1 is 1.50 bits per heavy atom. The lowest BCUT2D eigenvalue weighted by Gasteiger charge is -2.08. The molecule has 4 nitrogen and oxygen atoms in total. The molecule has 0 aromatic carbocycles. The number of hydrogen-bond donors (Lipinski definition) is 1. The van der Waals surface area contributed by atoms with Crippen LogP contribution in [0.5, 0.6) is 0 Å². The average Bonchev–Trinajstić information content (AvgIpc) is 2.70. The third-order valence-electron chi connectivity index (χ3n) is 2.81. The topological polar surface area (TPSA) is 47.0 Å². The minimum Gasteiger partial charge on any atom is -0.381 e. The molecule has 0 aliphatic carbocycles. The first-order valence-corrected chi connectivity index (χ1v) is 5.83. The van der Waals surface area contributed by atoms with Gasteiger partial charge in [0.25, 0.3) is 0 Å². The maximum atomic E-state index is 5.37. The van der Waals surface area contributed by atoms with Gasteiger partial charge in [-0.25, -0.2) is 9.97 Å². The predicted octanol–water partition coefficient (Wildman–Crippen LogP) is 1.08. The van der Waals surface area contributed by atoms with E-state index in [1.165, 1.54) is 0 Å². The fraction of sp³-hybridized carbons (Fsp3) is 0.667. The molecule has 1 aliphatic heterocycles. The van der Waals surface area contributed by atoms with Crippen LogP contribution in [0.15, 0.2) is 6.07 Å². The Labute approximate surface area is 96.4 Å². The highest BCUT2D eigenvalue weighted by molar-refractivity contribution is 5.10. The molecule has 1 aromatic heterocycles. The molecule has 1 aromatic rings. The van der Waals surface area contributed by atoms with Gasteiger partial charge in [0, 0.05) is 31.9 Å². The SMILES string of the molecule is CNCc1cc(C)nc(CC2CCOC2)n1. The van der Waals surface area contributed by atoms with Gasteiger partial charge in [-0.05, 0) is 32.4 Å². The highest BCUT2D eigenvalue weighted by Crippen LogP contribution is 2.16. The highest BCUT2D eigenvalue weighted by Gasteiger charge is 2.17. The number of hydrogen-bond acceptors (Lipinski definition) is 4. The Morgan fingerprint density at radius 3 is 3.06 bits per heavy atom. The molecule has 0 amide bonds. The third kappa shape index (κ3) is 3.00. The van der Waals surface area contributed by atoms with Gasteiger partial charge in [0.1, 0.15) is 5.82 Å². The van der Waals surface area contributed by atoms with Gasteiger partial charge in [0.15, 0.2) is 0 Å². The zero-order valence-corrected chi connectivity index (χ0v) is 9.99. The zero-order valence-electron chi connectivity index (χ0n) is 9.99. The molecule has 0 radical (unpaired) electrons. The summed E-state index contributed by atoms with van der Waals surface area (Å²) in [6.07, 6.45) is 2.08. The first-order chi connectivity index (χ1) is 7.78. The quantitative estimate of drug-likeness (QED) is 0.826. The lowest BCUT2D eigenvalue weighted by atomic mass is 10.0. The van der Waals surface area contributed by atoms with E-state index >= 15 is 0 Å². The van der Waals surface area contributed by atoms with Crippen LogP contribution >= 0.6 is 0 Å². The van der Waals surface area contributed by atoms with Crippen molar-refractivity contribution in [3.8, 4) is 0 Å². The summed E-state index contributed by atoms with van der Waals surface area (Å²) in [5, 5.41) is 3.12. The Morgan fingerprint density at radius 2 is 2.38 bits per heavy atom. The monoisotopic (exact) mass is 221 g/mol. The van der Waals surface area contributed by atoms with E-state index in [9.17, 15) is 0 Å². The van der Waals surface area contributed by atoms with Gasteiger partial charge in [0.2, 0.25) is 0 Å². The minimum absolute atomic E-state index is 0.601. The van der Waals surface area contributed by atoms with E-state index in [1.54, 1.807) is 0 Å². The highest BCUT2D eigenvalue weighted by atomic mass is 16.5. The first kappa shape index (κ1) is 11.5. The minimum atomic E-state index is 0.601. The number of aromatic nitrogens is 2. The Balaban J connectivity index is 2.06. The van der Waals surface area contributed by atoms with Crippen LogP contribution in [0.2, 0.25) is 0 Å². The van der Waals surface area contributed by atoms with Crippen molar-refractivity contribution in [2.75, 3.05) is 20.3 Å². The van der Waals surface area contributed by atoms with Crippen LogP contribution in [0.1, 0.15) is 23.6 Å². The molecule has 1 saturated heterocycles. The second kappa shape index (κ2) is 5.37. The van der Waals surface area contributed by atoms with Gasteiger partial charge in [-0.2, -0.15) is 0 Å². The van der Waals surface area contributed by atoms with Crippen molar-refractivity contribution < 1.29 is 4.74 Å². The summed E-state index contributed by atoms with van der Waals surface area (Å²) in [6.45, 7) is 4.57. The summed E-state index contributed by atoms with van der Waals surface area (Å²) in [5.41, 5.74) is 2.12. The van der Waals surface area contributed by atoms with Crippen LogP contribution in [0, 0.1) is 12.8 Å². The van der Waals surface area contributed by atoms with Crippen molar-refractivity contribution >= 4 is 0 Å². The van der Waals surface area contributed by atoms with Crippen LogP contribution < -0.4 is 5.32 Å². The van der Waals surface area contributed by atoms with Crippen molar-refractivity contribution in [1.82, 2.24) is 15.3 Å². The van der Waals surface area contributed by atoms with Crippen LogP contribution in [-0.4, -0.2) is 30.2 Å². The van der Waals surface area contributed by atoms with Crippen molar-refractivity contribution in [1.29, 1.82) is 0 Å². The maximum Gasteiger partial charge on any atom is 0.129 e. The molecule has 4 heteroatoms. The average molecular weight is 221 g/mol. The molecule has 1 aliphatic rings. The molecular weight excluding hydrogens is 202 g/mol. The molecule has 0 bridgehead atoms. The molecule has 1 fully saturated rings. The fourth-order valence-electron chi connectivity index (χ4n) is 2.07. The molecule has 2 heterocycles. The molecule has 1 N–H and O–H groups in total. The van der Waals surface area contributed by atoms with Gasteiger partial charge in [-0.15, -0.1) is 0 Å². The number of nitrogens with one attached hydrogen (secondary N) is 1. The lowest BCUT2D eigenvalue weighted by molar-refractivity contribution is 0.185. The third-order valence-corrected chi connectivity index (χ3v) is 2.81. The van der Waals surface area contributed by atoms with E-state index in [-0.39, 0.29) is 0 Å². The van der Waals surface area contributed by atoms with Crippen LogP contribution in [0.3, 0.4) is 0 Å². The molecule has 16 heavy (non-hydrogen) atoms. The van der Waals surface area contributed by atoms with Gasteiger partial charge in [-0.3, -0.25) is 0 Å². The summed E-state index contributed by atoms with van der Waals surface area (Å²) >= 11 is 0. The fourth-order valence-corrected chi connectivity index (χ4v) is 2.07. The van der Waals surface area contributed by atoms with Crippen molar-refractivity contribution in [2.45, 2.75) is 26.3 Å². The summed E-state index contributed by atoms with van der Waals surface area (Å²) in [7, 11) is 1.93. The van der Waals surface area contributed by atoms with Crippen molar-refractivity contribution in [3.63, 3.8) is 0 Å². The molecule has 2 rings (SSSR count). The Hall–Kier alpha value is -1.00. The number of rotatable bonds is 4. The normalized spacial score (nSPS) is 20.2. The van der Waals surface area contributed by atoms with Crippen LogP contribution in [0.4, 0.5) is 0 Å². The molecule has 0 spiro atoms. The van der Waals surface area contributed by atoms with E-state index in [0.29, 0.717) is 5.92 Å². The molecular formula is C12H19N3O. The molecule has 1 atom stereocenters. The van der Waals surface area contributed by atoms with E-state index in [0.717, 1.165) is 49.8 Å². The predicted molar refractivity (Wildman–Crippen MR) is 62.2 cm³/mol. The number of nitrogens with zero attached hydrogens (tertiary/aromatic N) is 2. The zero-order chi connectivity index (χ0) is 11.4. The first-order valence-electron chi connectivity index (χ1n) is 5.83. The summed E-state index contributed by atoms with van der Waals surface area (Å²) in [5.74, 6) is 1.56. The van der Waals surface area contributed by atoms with Gasteiger partial charge >= 0.3 is 0 Å². The van der Waals surface area contributed by atoms with Crippen molar-refractivity contribution in [2.24, 2.45) is 5.92 Å². The summed E-state index contributed by atoms with van der Waals surface area (Å²) < 4.78 is 5.37. The van der Waals surface area contributed by atoms with E-state index in [1.807, 2.05) is 20.0 Å². The number of ether oxygens (including phenoxy) is 1. The van der Waals surface area contributed by atoms with Crippen LogP contribution in [-0.2, 0) is 17.7 Å². The van der Waals surface area contributed by atoms with Gasteiger partial charge < -0.3 is 10.1 Å². The van der Waals surface area contributed by atoms with E-state index in [2.05, 4.69) is 15.3 Å². The van der Waals surface area contributed by atoms with Crippen LogP contribution in [0.25, 0.3) is 0 Å². The Bertz CT molecular complexity index is 348. The second-order valence-corrected chi connectivity index (χ2v) is 4.38. The van der Waals surface area contributed by atoms with E-state index < -0.39 is 0 Å². The smallest absolute Gasteiger partial charge is 0.129 e. The molecule has 1 unspecified atom stereocenters. The lowest BCUT2D eigenvalue weighted by Crippen LogP contribution is -2.12.